The molecule has 18 heavy (non-hydrogen) atoms. The molecule has 0 aliphatic rings. The van der Waals surface area contributed by atoms with Crippen LogP contribution in [-0.4, -0.2) is 22.0 Å². The molecule has 0 aliphatic carbocycles. The van der Waals surface area contributed by atoms with Gasteiger partial charge in [0.15, 0.2) is 0 Å². The van der Waals surface area contributed by atoms with E-state index in [0.717, 1.165) is 17.1 Å². The summed E-state index contributed by atoms with van der Waals surface area (Å²) in [6.07, 6.45) is 0. The average Bonchev–Trinajstić information content (AvgIpc) is 2.83. The third kappa shape index (κ3) is 2.24. The molecule has 0 radical (unpaired) electrons. The van der Waals surface area contributed by atoms with Crippen molar-refractivity contribution in [3.63, 3.8) is 0 Å². The number of hydrogen-bond donors (Lipinski definition) is 1. The van der Waals surface area contributed by atoms with Crippen LogP contribution in [0.5, 0.6) is 5.75 Å². The predicted octanol–water partition coefficient (Wildman–Crippen LogP) is 2.50. The molecule has 0 aliphatic heterocycles. The Morgan fingerprint density at radius 2 is 2.06 bits per heavy atom. The van der Waals surface area contributed by atoms with Crippen LogP contribution < -0.4 is 4.74 Å². The smallest absolute Gasteiger partial charge is 0.144 e. The van der Waals surface area contributed by atoms with Crippen LogP contribution in [0.1, 0.15) is 31.2 Å². The van der Waals surface area contributed by atoms with E-state index in [1.807, 2.05) is 35.0 Å². The van der Waals surface area contributed by atoms with Crippen molar-refractivity contribution in [2.75, 3.05) is 7.11 Å². The maximum atomic E-state index is 9.22. The minimum atomic E-state index is -0.0537. The summed E-state index contributed by atoms with van der Waals surface area (Å²) < 4.78 is 7.20. The van der Waals surface area contributed by atoms with Gasteiger partial charge >= 0.3 is 0 Å². The van der Waals surface area contributed by atoms with Crippen molar-refractivity contribution < 1.29 is 9.84 Å². The molecule has 1 N–H and O–H groups in total. The maximum Gasteiger partial charge on any atom is 0.144 e. The van der Waals surface area contributed by atoms with E-state index in [0.29, 0.717) is 11.6 Å². The molecule has 96 valence electrons. The normalized spacial score (nSPS) is 10.9. The van der Waals surface area contributed by atoms with Gasteiger partial charge in [0.05, 0.1) is 19.4 Å². The molecule has 2 aromatic rings. The van der Waals surface area contributed by atoms with Gasteiger partial charge in [-0.15, -0.1) is 0 Å². The van der Waals surface area contributed by atoms with Gasteiger partial charge in [0.25, 0.3) is 0 Å². The fraction of sp³-hybridized carbons (Fsp3) is 0.357. The lowest BCUT2D eigenvalue weighted by Gasteiger charge is -2.13. The summed E-state index contributed by atoms with van der Waals surface area (Å²) in [5.41, 5.74) is 2.62. The van der Waals surface area contributed by atoms with Gasteiger partial charge in [0.2, 0.25) is 0 Å². The quantitative estimate of drug-likeness (QED) is 0.901. The predicted molar refractivity (Wildman–Crippen MR) is 70.1 cm³/mol. The van der Waals surface area contributed by atoms with Crippen LogP contribution in [0.2, 0.25) is 0 Å². The van der Waals surface area contributed by atoms with Crippen molar-refractivity contribution in [2.24, 2.45) is 0 Å². The van der Waals surface area contributed by atoms with Gasteiger partial charge in [0, 0.05) is 5.69 Å². The first kappa shape index (κ1) is 12.6. The number of benzene rings is 1. The summed E-state index contributed by atoms with van der Waals surface area (Å²) >= 11 is 0. The Morgan fingerprint density at radius 3 is 2.67 bits per heavy atom. The third-order valence-electron chi connectivity index (χ3n) is 2.85. The molecule has 1 aromatic carbocycles. The van der Waals surface area contributed by atoms with Crippen LogP contribution in [0.15, 0.2) is 30.3 Å². The van der Waals surface area contributed by atoms with E-state index in [2.05, 4.69) is 18.9 Å². The second-order valence-corrected chi connectivity index (χ2v) is 4.46. The molecule has 0 amide bonds. The number of aliphatic hydroxyl groups is 1. The van der Waals surface area contributed by atoms with Crippen LogP contribution >= 0.6 is 0 Å². The molecule has 1 aromatic heterocycles. The van der Waals surface area contributed by atoms with E-state index in [1.54, 1.807) is 7.11 Å². The van der Waals surface area contributed by atoms with Gasteiger partial charge in [-0.05, 0) is 24.1 Å². The molecule has 0 saturated carbocycles. The molecular weight excluding hydrogens is 228 g/mol. The van der Waals surface area contributed by atoms with Crippen molar-refractivity contribution in [3.8, 4) is 11.4 Å². The number of rotatable bonds is 4. The second-order valence-electron chi connectivity index (χ2n) is 4.46. The Labute approximate surface area is 107 Å². The summed E-state index contributed by atoms with van der Waals surface area (Å²) in [6, 6.07) is 9.66. The Hall–Kier alpha value is -1.81. The van der Waals surface area contributed by atoms with E-state index in [4.69, 9.17) is 4.74 Å². The van der Waals surface area contributed by atoms with Crippen LogP contribution in [0, 0.1) is 0 Å². The maximum absolute atomic E-state index is 9.22. The summed E-state index contributed by atoms with van der Waals surface area (Å²) in [6.45, 7) is 4.15. The Bertz CT molecular complexity index is 532. The molecule has 0 saturated heterocycles. The van der Waals surface area contributed by atoms with Crippen LogP contribution in [-0.2, 0) is 6.61 Å². The van der Waals surface area contributed by atoms with Gasteiger partial charge in [-0.3, -0.25) is 0 Å². The Balaban J connectivity index is 2.58. The van der Waals surface area contributed by atoms with E-state index < -0.39 is 0 Å². The van der Waals surface area contributed by atoms with Crippen molar-refractivity contribution in [1.82, 2.24) is 9.78 Å². The van der Waals surface area contributed by atoms with Gasteiger partial charge < -0.3 is 9.84 Å². The number of hydrogen-bond acceptors (Lipinski definition) is 3. The fourth-order valence-electron chi connectivity index (χ4n) is 1.93. The SMILES string of the molecule is COc1ccccc1-n1nc(CO)cc1C(C)C. The first-order valence-electron chi connectivity index (χ1n) is 6.00. The zero-order chi connectivity index (χ0) is 13.1. The lowest BCUT2D eigenvalue weighted by Crippen LogP contribution is -2.05. The largest absolute Gasteiger partial charge is 0.494 e. The Morgan fingerprint density at radius 1 is 1.33 bits per heavy atom. The molecule has 1 heterocycles. The topological polar surface area (TPSA) is 47.3 Å². The Kier molecular flexibility index (Phi) is 3.67. The second kappa shape index (κ2) is 5.23. The lowest BCUT2D eigenvalue weighted by molar-refractivity contribution is 0.276. The molecule has 0 atom stereocenters. The highest BCUT2D eigenvalue weighted by Gasteiger charge is 2.14. The standard InChI is InChI=1S/C14H18N2O2/c1-10(2)13-8-11(9-17)15-16(13)12-6-4-5-7-14(12)18-3/h4-8,10,17H,9H2,1-3H3. The first-order chi connectivity index (χ1) is 8.67. The molecule has 0 fully saturated rings. The van der Waals surface area contributed by atoms with Gasteiger partial charge in [-0.1, -0.05) is 26.0 Å². The first-order valence-corrected chi connectivity index (χ1v) is 6.00. The summed E-state index contributed by atoms with van der Waals surface area (Å²) in [7, 11) is 1.64. The summed E-state index contributed by atoms with van der Waals surface area (Å²) in [4.78, 5) is 0. The van der Waals surface area contributed by atoms with E-state index >= 15 is 0 Å². The fourth-order valence-corrected chi connectivity index (χ4v) is 1.93. The van der Waals surface area contributed by atoms with E-state index in [-0.39, 0.29) is 6.61 Å². The molecule has 0 unspecified atom stereocenters. The van der Waals surface area contributed by atoms with Crippen molar-refractivity contribution in [2.45, 2.75) is 26.4 Å². The zero-order valence-electron chi connectivity index (χ0n) is 10.9. The number of methoxy groups -OCH3 is 1. The zero-order valence-corrected chi connectivity index (χ0v) is 10.9. The van der Waals surface area contributed by atoms with Crippen LogP contribution in [0.4, 0.5) is 0 Å². The van der Waals surface area contributed by atoms with E-state index in [1.165, 1.54) is 0 Å². The molecule has 0 bridgehead atoms. The van der Waals surface area contributed by atoms with Gasteiger partial charge in [0.1, 0.15) is 11.4 Å². The number of para-hydroxylation sites is 2. The number of aromatic nitrogens is 2. The molecular formula is C14H18N2O2. The van der Waals surface area contributed by atoms with E-state index in [9.17, 15) is 5.11 Å². The molecule has 4 heteroatoms. The highest BCUT2D eigenvalue weighted by Crippen LogP contribution is 2.26. The minimum absolute atomic E-state index is 0.0537. The van der Waals surface area contributed by atoms with Crippen molar-refractivity contribution in [3.05, 3.63) is 41.7 Å². The number of ether oxygens (including phenoxy) is 1. The summed E-state index contributed by atoms with van der Waals surface area (Å²) in [5.74, 6) is 1.09. The minimum Gasteiger partial charge on any atom is -0.494 e. The highest BCUT2D eigenvalue weighted by molar-refractivity contribution is 5.47. The monoisotopic (exact) mass is 246 g/mol. The van der Waals surface area contributed by atoms with Crippen molar-refractivity contribution in [1.29, 1.82) is 0 Å². The third-order valence-corrected chi connectivity index (χ3v) is 2.85. The van der Waals surface area contributed by atoms with Crippen LogP contribution in [0.25, 0.3) is 5.69 Å². The van der Waals surface area contributed by atoms with Crippen LogP contribution in [0.3, 0.4) is 0 Å². The molecule has 2 rings (SSSR count). The highest BCUT2D eigenvalue weighted by atomic mass is 16.5. The van der Waals surface area contributed by atoms with Gasteiger partial charge in [-0.2, -0.15) is 5.10 Å². The molecule has 4 nitrogen and oxygen atoms in total. The number of aliphatic hydroxyl groups excluding tert-OH is 1. The average molecular weight is 246 g/mol. The van der Waals surface area contributed by atoms with Crippen molar-refractivity contribution >= 4 is 0 Å². The van der Waals surface area contributed by atoms with Gasteiger partial charge in [-0.25, -0.2) is 4.68 Å². The number of nitrogens with zero attached hydrogens (tertiary/aromatic N) is 2. The summed E-state index contributed by atoms with van der Waals surface area (Å²) in [5, 5.41) is 13.6. The lowest BCUT2D eigenvalue weighted by atomic mass is 10.1. The molecule has 0 spiro atoms.